The molecule has 0 spiro atoms. The van der Waals surface area contributed by atoms with E-state index in [1.54, 1.807) is 0 Å². The number of halogens is 1. The monoisotopic (exact) mass is 530 g/mol. The molecule has 5 nitrogen and oxygen atoms in total. The van der Waals surface area contributed by atoms with Crippen LogP contribution in [0.15, 0.2) is 36.4 Å². The fraction of sp³-hybridized carbons (Fsp3) is 0.500. The van der Waals surface area contributed by atoms with Crippen LogP contribution in [0.3, 0.4) is 0 Å². The number of aryl methyl sites for hydroxylation is 2. The van der Waals surface area contributed by atoms with E-state index < -0.39 is 0 Å². The van der Waals surface area contributed by atoms with Crippen LogP contribution >= 0.6 is 11.6 Å². The molecule has 3 atom stereocenters. The minimum absolute atomic E-state index is 0.338. The Balaban J connectivity index is 1.46. The molecule has 2 saturated heterocycles. The van der Waals surface area contributed by atoms with E-state index >= 15 is 0 Å². The molecule has 0 saturated carbocycles. The van der Waals surface area contributed by atoms with Gasteiger partial charge in [-0.1, -0.05) is 49.7 Å². The summed E-state index contributed by atoms with van der Waals surface area (Å²) in [5.74, 6) is 2.39. The number of aromatic nitrogens is 2. The predicted molar refractivity (Wildman–Crippen MR) is 157 cm³/mol. The van der Waals surface area contributed by atoms with Crippen molar-refractivity contribution in [2.75, 3.05) is 23.5 Å². The van der Waals surface area contributed by atoms with Gasteiger partial charge < -0.3 is 14.5 Å². The number of rotatable bonds is 5. The molecule has 4 heterocycles. The minimum atomic E-state index is 0.338. The van der Waals surface area contributed by atoms with E-state index in [2.05, 4.69) is 61.8 Å². The summed E-state index contributed by atoms with van der Waals surface area (Å²) in [6.07, 6.45) is 5.75. The molecule has 6 heteroatoms. The molecule has 2 bridgehead atoms. The van der Waals surface area contributed by atoms with Gasteiger partial charge in [-0.3, -0.25) is 0 Å². The third-order valence-electron chi connectivity index (χ3n) is 8.99. The van der Waals surface area contributed by atoms with E-state index in [1.807, 2.05) is 19.2 Å². The molecule has 2 fully saturated rings. The zero-order valence-electron chi connectivity index (χ0n) is 23.3. The molecule has 0 radical (unpaired) electrons. The highest BCUT2D eigenvalue weighted by Crippen LogP contribution is 2.44. The Morgan fingerprint density at radius 1 is 1.00 bits per heavy atom. The SMILES string of the molecule is CO[C@H]1C[C@H]2CC[C@@H](C1)N2c1nc(-c2c(C)cccc2Cl)nc2c1CN(c1cc(C(C)C)ccc1C)CC2. The largest absolute Gasteiger partial charge is 0.381 e. The molecule has 0 N–H and O–H groups in total. The zero-order valence-corrected chi connectivity index (χ0v) is 24.1. The lowest BCUT2D eigenvalue weighted by molar-refractivity contribution is 0.0681. The summed E-state index contributed by atoms with van der Waals surface area (Å²) < 4.78 is 5.83. The molecule has 0 amide bonds. The van der Waals surface area contributed by atoms with Gasteiger partial charge in [0.15, 0.2) is 5.82 Å². The number of methoxy groups -OCH3 is 1. The van der Waals surface area contributed by atoms with Gasteiger partial charge in [0.2, 0.25) is 0 Å². The van der Waals surface area contributed by atoms with Crippen molar-refractivity contribution in [3.05, 3.63) is 69.4 Å². The van der Waals surface area contributed by atoms with Crippen LogP contribution in [0.5, 0.6) is 0 Å². The Morgan fingerprint density at radius 2 is 1.76 bits per heavy atom. The van der Waals surface area contributed by atoms with Crippen LogP contribution < -0.4 is 9.80 Å². The maximum atomic E-state index is 6.74. The summed E-state index contributed by atoms with van der Waals surface area (Å²) in [7, 11) is 1.86. The highest BCUT2D eigenvalue weighted by atomic mass is 35.5. The van der Waals surface area contributed by atoms with Crippen molar-refractivity contribution in [2.24, 2.45) is 0 Å². The van der Waals surface area contributed by atoms with Crippen LogP contribution in [0.25, 0.3) is 11.4 Å². The molecule has 3 aromatic rings. The van der Waals surface area contributed by atoms with Gasteiger partial charge in [0.1, 0.15) is 5.82 Å². The van der Waals surface area contributed by atoms with Crippen LogP contribution in [0.4, 0.5) is 11.5 Å². The van der Waals surface area contributed by atoms with Gasteiger partial charge in [-0.15, -0.1) is 0 Å². The van der Waals surface area contributed by atoms with Gasteiger partial charge in [0, 0.05) is 55.5 Å². The predicted octanol–water partition coefficient (Wildman–Crippen LogP) is 7.25. The molecule has 1 aromatic heterocycles. The molecule has 200 valence electrons. The summed E-state index contributed by atoms with van der Waals surface area (Å²) in [6, 6.07) is 13.9. The number of anilines is 2. The van der Waals surface area contributed by atoms with Crippen LogP contribution in [0.1, 0.15) is 73.4 Å². The third-order valence-corrected chi connectivity index (χ3v) is 9.31. The number of hydrogen-bond acceptors (Lipinski definition) is 5. The van der Waals surface area contributed by atoms with E-state index in [9.17, 15) is 0 Å². The maximum Gasteiger partial charge on any atom is 0.163 e. The summed E-state index contributed by atoms with van der Waals surface area (Å²) >= 11 is 6.74. The van der Waals surface area contributed by atoms with Gasteiger partial charge in [0.05, 0.1) is 16.8 Å². The highest BCUT2D eigenvalue weighted by molar-refractivity contribution is 6.33. The van der Waals surface area contributed by atoms with Crippen LogP contribution in [-0.4, -0.2) is 41.8 Å². The lowest BCUT2D eigenvalue weighted by Gasteiger charge is -2.42. The average Bonchev–Trinajstić information content (AvgIpc) is 3.16. The molecular formula is C32H39ClN4O. The number of fused-ring (bicyclic) bond motifs is 3. The van der Waals surface area contributed by atoms with E-state index in [-0.39, 0.29) is 0 Å². The van der Waals surface area contributed by atoms with E-state index in [4.69, 9.17) is 26.3 Å². The Bertz CT molecular complexity index is 1320. The fourth-order valence-electron chi connectivity index (χ4n) is 6.83. The lowest BCUT2D eigenvalue weighted by Crippen LogP contribution is -2.47. The smallest absolute Gasteiger partial charge is 0.163 e. The number of piperidine rings is 1. The van der Waals surface area contributed by atoms with Gasteiger partial charge in [-0.2, -0.15) is 0 Å². The summed E-state index contributed by atoms with van der Waals surface area (Å²) in [4.78, 5) is 15.7. The van der Waals surface area contributed by atoms with Crippen LogP contribution in [-0.2, 0) is 17.7 Å². The quantitative estimate of drug-likeness (QED) is 0.347. The molecule has 38 heavy (non-hydrogen) atoms. The Morgan fingerprint density at radius 3 is 2.45 bits per heavy atom. The van der Waals surface area contributed by atoms with E-state index in [0.717, 1.165) is 60.1 Å². The summed E-state index contributed by atoms with van der Waals surface area (Å²) in [5, 5.41) is 0.718. The third kappa shape index (κ3) is 4.48. The fourth-order valence-corrected chi connectivity index (χ4v) is 7.14. The topological polar surface area (TPSA) is 41.5 Å². The molecule has 3 aliphatic heterocycles. The first-order chi connectivity index (χ1) is 18.3. The normalized spacial score (nSPS) is 22.8. The Labute approximate surface area is 232 Å². The first-order valence-electron chi connectivity index (χ1n) is 14.2. The van der Waals surface area contributed by atoms with Gasteiger partial charge >= 0.3 is 0 Å². The average molecular weight is 531 g/mol. The van der Waals surface area contributed by atoms with Crippen LogP contribution in [0, 0.1) is 13.8 Å². The van der Waals surface area contributed by atoms with Crippen molar-refractivity contribution >= 4 is 23.1 Å². The molecule has 0 unspecified atom stereocenters. The summed E-state index contributed by atoms with van der Waals surface area (Å²) in [6.45, 7) is 10.6. The number of hydrogen-bond donors (Lipinski definition) is 0. The minimum Gasteiger partial charge on any atom is -0.381 e. The van der Waals surface area contributed by atoms with Gasteiger partial charge in [-0.25, -0.2) is 9.97 Å². The molecular weight excluding hydrogens is 492 g/mol. The van der Waals surface area contributed by atoms with E-state index in [1.165, 1.54) is 40.9 Å². The molecule has 3 aliphatic rings. The first-order valence-corrected chi connectivity index (χ1v) is 14.5. The molecule has 0 aliphatic carbocycles. The number of benzene rings is 2. The number of ether oxygens (including phenoxy) is 1. The van der Waals surface area contributed by atoms with Crippen molar-refractivity contribution < 1.29 is 4.74 Å². The molecule has 6 rings (SSSR count). The highest BCUT2D eigenvalue weighted by Gasteiger charge is 2.43. The van der Waals surface area contributed by atoms with Crippen molar-refractivity contribution in [2.45, 2.75) is 90.4 Å². The zero-order chi connectivity index (χ0) is 26.6. The standard InChI is InChI=1S/C32H39ClN4O/c1-19(2)22-10-9-20(3)29(15-22)36-14-13-28-26(18-36)32(37-23-11-12-24(37)17-25(16-23)38-5)35-31(34-28)30-21(4)7-6-8-27(30)33/h6-10,15,19,23-25H,11-14,16-18H2,1-5H3/t23-,24+,25+. The number of nitrogens with zero attached hydrogens (tertiary/aromatic N) is 4. The lowest BCUT2D eigenvalue weighted by atomic mass is 9.96. The van der Waals surface area contributed by atoms with Crippen molar-refractivity contribution in [1.82, 2.24) is 9.97 Å². The van der Waals surface area contributed by atoms with Crippen LogP contribution in [0.2, 0.25) is 5.02 Å². The second kappa shape index (κ2) is 10.2. The van der Waals surface area contributed by atoms with Crippen molar-refractivity contribution in [1.29, 1.82) is 0 Å². The van der Waals surface area contributed by atoms with Gasteiger partial charge in [-0.05, 0) is 74.3 Å². The first kappa shape index (κ1) is 25.6. The Kier molecular flexibility index (Phi) is 6.86. The Hall–Kier alpha value is -2.63. The molecule has 2 aromatic carbocycles. The van der Waals surface area contributed by atoms with Crippen molar-refractivity contribution in [3.63, 3.8) is 0 Å². The van der Waals surface area contributed by atoms with Crippen molar-refractivity contribution in [3.8, 4) is 11.4 Å². The summed E-state index contributed by atoms with van der Waals surface area (Å²) in [5.41, 5.74) is 8.57. The maximum absolute atomic E-state index is 6.74. The van der Waals surface area contributed by atoms with E-state index in [0.29, 0.717) is 24.1 Å². The second-order valence-electron chi connectivity index (χ2n) is 11.7. The van der Waals surface area contributed by atoms with Gasteiger partial charge in [0.25, 0.3) is 0 Å². The second-order valence-corrected chi connectivity index (χ2v) is 12.1.